The van der Waals surface area contributed by atoms with Gasteiger partial charge < -0.3 is 10.1 Å². The van der Waals surface area contributed by atoms with Crippen molar-refractivity contribution in [2.24, 2.45) is 0 Å². The zero-order chi connectivity index (χ0) is 19.9. The van der Waals surface area contributed by atoms with Gasteiger partial charge in [-0.05, 0) is 48.4 Å². The van der Waals surface area contributed by atoms with Crippen LogP contribution in [0, 0.1) is 18.3 Å². The maximum absolute atomic E-state index is 12.3. The van der Waals surface area contributed by atoms with E-state index in [1.54, 1.807) is 18.2 Å². The maximum Gasteiger partial charge on any atom is 0.249 e. The van der Waals surface area contributed by atoms with Crippen LogP contribution < -0.4 is 10.1 Å². The van der Waals surface area contributed by atoms with E-state index in [1.165, 1.54) is 6.08 Å². The topological polar surface area (TPSA) is 90.8 Å². The van der Waals surface area contributed by atoms with Gasteiger partial charge >= 0.3 is 0 Å². The number of hydrogen-bond acceptors (Lipinski definition) is 4. The first-order chi connectivity index (χ1) is 13.6. The van der Waals surface area contributed by atoms with Crippen LogP contribution >= 0.6 is 15.9 Å². The summed E-state index contributed by atoms with van der Waals surface area (Å²) in [5.41, 5.74) is 3.50. The molecule has 2 N–H and O–H groups in total. The van der Waals surface area contributed by atoms with Crippen LogP contribution in [0.2, 0.25) is 0 Å². The normalized spacial score (nSPS) is 10.6. The Kier molecular flexibility index (Phi) is 6.25. The van der Waals surface area contributed by atoms with Gasteiger partial charge in [-0.25, -0.2) is 0 Å². The van der Waals surface area contributed by atoms with E-state index in [0.29, 0.717) is 11.6 Å². The smallest absolute Gasteiger partial charge is 0.249 e. The Balaban J connectivity index is 1.70. The van der Waals surface area contributed by atoms with E-state index in [-0.39, 0.29) is 12.5 Å². The number of carbonyl (C=O) groups excluding carboxylic acids is 1. The maximum atomic E-state index is 12.3. The molecule has 0 aliphatic heterocycles. The van der Waals surface area contributed by atoms with E-state index < -0.39 is 0 Å². The predicted molar refractivity (Wildman–Crippen MR) is 112 cm³/mol. The Bertz CT molecular complexity index is 1050. The molecule has 3 rings (SSSR count). The van der Waals surface area contributed by atoms with Crippen molar-refractivity contribution in [3.63, 3.8) is 0 Å². The third-order valence-electron chi connectivity index (χ3n) is 3.91. The Morgan fingerprint density at radius 2 is 2.11 bits per heavy atom. The Morgan fingerprint density at radius 1 is 1.32 bits per heavy atom. The number of rotatable bonds is 6. The van der Waals surface area contributed by atoms with Crippen LogP contribution in [0.15, 0.2) is 59.1 Å². The number of aromatic nitrogens is 2. The standard InChI is InChI=1S/C21H17BrN4O2/c1-14-20(16-3-2-4-17(22)13-16)21(26-25-14)24-19(27)10-7-15-5-8-18(9-6-15)28-12-11-23/h2-10,13H,12H2,1H3,(H2,24,25,26,27)/b10-7-. The summed E-state index contributed by atoms with van der Waals surface area (Å²) >= 11 is 3.46. The predicted octanol–water partition coefficient (Wildman–Crippen LogP) is 4.70. The second-order valence-electron chi connectivity index (χ2n) is 5.92. The summed E-state index contributed by atoms with van der Waals surface area (Å²) in [5.74, 6) is 0.798. The zero-order valence-electron chi connectivity index (χ0n) is 15.1. The number of H-pyrrole nitrogens is 1. The number of nitrogens with one attached hydrogen (secondary N) is 2. The van der Waals surface area contributed by atoms with Crippen LogP contribution in [-0.2, 0) is 4.79 Å². The molecule has 1 amide bonds. The number of nitriles is 1. The van der Waals surface area contributed by atoms with Crippen molar-refractivity contribution in [3.8, 4) is 22.9 Å². The first-order valence-electron chi connectivity index (χ1n) is 8.46. The number of benzene rings is 2. The molecule has 0 fully saturated rings. The van der Waals surface area contributed by atoms with Gasteiger partial charge in [0.05, 0.1) is 0 Å². The lowest BCUT2D eigenvalue weighted by atomic mass is 10.1. The molecule has 3 aromatic rings. The van der Waals surface area contributed by atoms with Gasteiger partial charge in [0.25, 0.3) is 0 Å². The lowest BCUT2D eigenvalue weighted by Gasteiger charge is -2.05. The van der Waals surface area contributed by atoms with Gasteiger partial charge in [-0.15, -0.1) is 0 Å². The summed E-state index contributed by atoms with van der Waals surface area (Å²) in [6, 6.07) is 16.8. The van der Waals surface area contributed by atoms with Crippen LogP contribution in [0.1, 0.15) is 11.3 Å². The SMILES string of the molecule is Cc1[nH]nc(NC(=O)/C=C\c2ccc(OCC#N)cc2)c1-c1cccc(Br)c1. The molecule has 0 spiro atoms. The van der Waals surface area contributed by atoms with Crippen LogP contribution in [0.4, 0.5) is 5.82 Å². The van der Waals surface area contributed by atoms with E-state index in [1.807, 2.05) is 49.4 Å². The van der Waals surface area contributed by atoms with Crippen molar-refractivity contribution in [2.75, 3.05) is 11.9 Å². The van der Waals surface area contributed by atoms with Gasteiger partial charge in [0, 0.05) is 21.8 Å². The fourth-order valence-corrected chi connectivity index (χ4v) is 3.04. The van der Waals surface area contributed by atoms with Crippen LogP contribution in [0.3, 0.4) is 0 Å². The van der Waals surface area contributed by atoms with E-state index in [9.17, 15) is 4.79 Å². The molecule has 140 valence electrons. The van der Waals surface area contributed by atoms with Crippen LogP contribution in [-0.4, -0.2) is 22.7 Å². The molecule has 28 heavy (non-hydrogen) atoms. The molecule has 1 heterocycles. The molecule has 0 radical (unpaired) electrons. The molecule has 0 aliphatic rings. The van der Waals surface area contributed by atoms with E-state index in [2.05, 4.69) is 31.4 Å². The zero-order valence-corrected chi connectivity index (χ0v) is 16.7. The van der Waals surface area contributed by atoms with E-state index in [0.717, 1.165) is 26.9 Å². The molecule has 7 heteroatoms. The Hall–Kier alpha value is -3.37. The second-order valence-corrected chi connectivity index (χ2v) is 6.84. The first kappa shape index (κ1) is 19.4. The molecule has 0 aliphatic carbocycles. The number of nitrogens with zero attached hydrogens (tertiary/aromatic N) is 2. The molecule has 1 aromatic heterocycles. The number of amides is 1. The number of aryl methyl sites for hydroxylation is 1. The van der Waals surface area contributed by atoms with Crippen LogP contribution in [0.25, 0.3) is 17.2 Å². The summed E-state index contributed by atoms with van der Waals surface area (Å²) in [6.07, 6.45) is 3.14. The van der Waals surface area contributed by atoms with Gasteiger partial charge in [-0.3, -0.25) is 9.89 Å². The highest BCUT2D eigenvalue weighted by atomic mass is 79.9. The number of halogens is 1. The monoisotopic (exact) mass is 436 g/mol. The molecule has 0 unspecified atom stereocenters. The lowest BCUT2D eigenvalue weighted by Crippen LogP contribution is -2.09. The largest absolute Gasteiger partial charge is 0.479 e. The van der Waals surface area contributed by atoms with Gasteiger partial charge in [0.1, 0.15) is 11.8 Å². The highest BCUT2D eigenvalue weighted by Gasteiger charge is 2.14. The van der Waals surface area contributed by atoms with Gasteiger partial charge in [-0.2, -0.15) is 10.4 Å². The Morgan fingerprint density at radius 3 is 2.82 bits per heavy atom. The number of hydrogen-bond donors (Lipinski definition) is 2. The molecule has 6 nitrogen and oxygen atoms in total. The minimum atomic E-state index is -0.285. The minimum absolute atomic E-state index is 0.000985. The lowest BCUT2D eigenvalue weighted by molar-refractivity contribution is -0.111. The third-order valence-corrected chi connectivity index (χ3v) is 4.41. The molecule has 0 saturated carbocycles. The number of aromatic amines is 1. The van der Waals surface area contributed by atoms with E-state index >= 15 is 0 Å². The Labute approximate surface area is 171 Å². The number of carbonyl (C=O) groups is 1. The summed E-state index contributed by atoms with van der Waals surface area (Å²) in [4.78, 5) is 12.3. The summed E-state index contributed by atoms with van der Waals surface area (Å²) in [6.45, 7) is 1.91. The first-order valence-corrected chi connectivity index (χ1v) is 9.26. The highest BCUT2D eigenvalue weighted by molar-refractivity contribution is 9.10. The van der Waals surface area contributed by atoms with Crippen molar-refractivity contribution >= 4 is 33.7 Å². The van der Waals surface area contributed by atoms with Gasteiger partial charge in [0.2, 0.25) is 5.91 Å². The summed E-state index contributed by atoms with van der Waals surface area (Å²) < 4.78 is 6.15. The van der Waals surface area contributed by atoms with Crippen molar-refractivity contribution in [3.05, 3.63) is 70.3 Å². The quantitative estimate of drug-likeness (QED) is 0.547. The van der Waals surface area contributed by atoms with Crippen molar-refractivity contribution < 1.29 is 9.53 Å². The number of ether oxygens (including phenoxy) is 1. The molecule has 0 saturated heterocycles. The van der Waals surface area contributed by atoms with Crippen molar-refractivity contribution in [1.29, 1.82) is 5.26 Å². The minimum Gasteiger partial charge on any atom is -0.479 e. The molecule has 2 aromatic carbocycles. The van der Waals surface area contributed by atoms with Gasteiger partial charge in [-0.1, -0.05) is 40.2 Å². The van der Waals surface area contributed by atoms with E-state index in [4.69, 9.17) is 10.00 Å². The van der Waals surface area contributed by atoms with Gasteiger partial charge in [0.15, 0.2) is 12.4 Å². The third kappa shape index (κ3) is 4.87. The summed E-state index contributed by atoms with van der Waals surface area (Å²) in [5, 5.41) is 18.5. The molecule has 0 atom stereocenters. The van der Waals surface area contributed by atoms with Crippen molar-refractivity contribution in [1.82, 2.24) is 10.2 Å². The molecular weight excluding hydrogens is 420 g/mol. The average molecular weight is 437 g/mol. The molecule has 0 bridgehead atoms. The fraction of sp³-hybridized carbons (Fsp3) is 0.0952. The summed E-state index contributed by atoms with van der Waals surface area (Å²) in [7, 11) is 0. The average Bonchev–Trinajstić information content (AvgIpc) is 3.05. The fourth-order valence-electron chi connectivity index (χ4n) is 2.64. The van der Waals surface area contributed by atoms with Crippen molar-refractivity contribution in [2.45, 2.75) is 6.92 Å². The number of anilines is 1. The highest BCUT2D eigenvalue weighted by Crippen LogP contribution is 2.31. The molecular formula is C21H17BrN4O2. The second kappa shape index (κ2) is 9.02. The van der Waals surface area contributed by atoms with Crippen LogP contribution in [0.5, 0.6) is 5.75 Å².